The highest BCUT2D eigenvalue weighted by Gasteiger charge is 1.94. The molecule has 2 heteroatoms. The Hall–Kier alpha value is -1.31. The zero-order chi connectivity index (χ0) is 8.81. The maximum Gasteiger partial charge on any atom is 0.0439 e. The van der Waals surface area contributed by atoms with Crippen molar-refractivity contribution in [3.63, 3.8) is 0 Å². The summed E-state index contributed by atoms with van der Waals surface area (Å²) in [7, 11) is 0. The first-order valence-electron chi connectivity index (χ1n) is 4.05. The van der Waals surface area contributed by atoms with E-state index in [1.54, 1.807) is 0 Å². The van der Waals surface area contributed by atoms with Gasteiger partial charge in [0.05, 0.1) is 0 Å². The molecule has 0 aromatic heterocycles. The van der Waals surface area contributed by atoms with Gasteiger partial charge in [0.1, 0.15) is 0 Å². The van der Waals surface area contributed by atoms with Gasteiger partial charge in [0, 0.05) is 6.21 Å². The van der Waals surface area contributed by atoms with Crippen LogP contribution in [0.2, 0.25) is 0 Å². The third-order valence-corrected chi connectivity index (χ3v) is 1.89. The van der Waals surface area contributed by atoms with Gasteiger partial charge in [-0.1, -0.05) is 24.3 Å². The van der Waals surface area contributed by atoms with Gasteiger partial charge in [-0.25, -0.2) is 0 Å². The molecule has 1 aromatic carbocycles. The minimum atomic E-state index is 0.793. The van der Waals surface area contributed by atoms with Crippen LogP contribution in [-0.4, -0.2) is 11.4 Å². The van der Waals surface area contributed by atoms with Gasteiger partial charge >= 0.3 is 0 Å². The lowest BCUT2D eigenvalue weighted by Crippen LogP contribution is -1.89. The summed E-state index contributed by atoms with van der Waals surface area (Å²) in [4.78, 5) is 0. The predicted octanol–water partition coefficient (Wildman–Crippen LogP) is 2.39. The zero-order valence-electron chi connectivity index (χ0n) is 7.20. The molecule has 1 rings (SSSR count). The van der Waals surface area contributed by atoms with Gasteiger partial charge in [0.15, 0.2) is 0 Å². The van der Waals surface area contributed by atoms with Crippen LogP contribution in [0.3, 0.4) is 0 Å². The number of hydrogen-bond acceptors (Lipinski definition) is 2. The molecular weight excluding hydrogens is 150 g/mol. The highest BCUT2D eigenvalue weighted by molar-refractivity contribution is 5.56. The normalized spacial score (nSPS) is 10.8. The number of nitrogens with zero attached hydrogens (tertiary/aromatic N) is 1. The second-order valence-corrected chi connectivity index (χ2v) is 2.76. The molecule has 0 aliphatic carbocycles. The first kappa shape index (κ1) is 8.78. The molecule has 0 atom stereocenters. The lowest BCUT2D eigenvalue weighted by molar-refractivity contribution is 0.320. The molecule has 0 bridgehead atoms. The summed E-state index contributed by atoms with van der Waals surface area (Å²) in [5.74, 6) is 0. The topological polar surface area (TPSA) is 32.6 Å². The highest BCUT2D eigenvalue weighted by atomic mass is 16.4. The fourth-order valence-electron chi connectivity index (χ4n) is 1.17. The number of rotatable bonds is 3. The minimum absolute atomic E-state index is 0.793. The van der Waals surface area contributed by atoms with Gasteiger partial charge < -0.3 is 5.21 Å². The molecule has 0 aliphatic heterocycles. The lowest BCUT2D eigenvalue weighted by atomic mass is 10.0. The van der Waals surface area contributed by atoms with Gasteiger partial charge in [-0.2, -0.15) is 0 Å². The Morgan fingerprint density at radius 3 is 2.83 bits per heavy atom. The summed E-state index contributed by atoms with van der Waals surface area (Å²) in [6.45, 7) is 2.09. The predicted molar refractivity (Wildman–Crippen MR) is 49.8 cm³/mol. The number of oxime groups is 1. The molecule has 0 unspecified atom stereocenters. The fraction of sp³-hybridized carbons (Fsp3) is 0.300. The lowest BCUT2D eigenvalue weighted by Gasteiger charge is -2.01. The number of hydrogen-bond donors (Lipinski definition) is 1. The first-order valence-corrected chi connectivity index (χ1v) is 4.05. The first-order chi connectivity index (χ1) is 5.84. The third-order valence-electron chi connectivity index (χ3n) is 1.89. The standard InChI is InChI=1S/C10H13NO/c1-9-5-2-3-6-10(9)7-4-8-11-12/h2-3,5-6,8,12H,4,7H2,1H3. The van der Waals surface area contributed by atoms with Crippen molar-refractivity contribution in [3.05, 3.63) is 35.4 Å². The van der Waals surface area contributed by atoms with Gasteiger partial charge in [0.2, 0.25) is 0 Å². The van der Waals surface area contributed by atoms with Crippen molar-refractivity contribution in [1.29, 1.82) is 0 Å². The Morgan fingerprint density at radius 2 is 2.17 bits per heavy atom. The van der Waals surface area contributed by atoms with Crippen LogP contribution in [0.4, 0.5) is 0 Å². The molecule has 0 saturated carbocycles. The smallest absolute Gasteiger partial charge is 0.0439 e. The SMILES string of the molecule is Cc1ccccc1CCC=NO. The summed E-state index contributed by atoms with van der Waals surface area (Å²) in [6.07, 6.45) is 3.25. The molecule has 2 nitrogen and oxygen atoms in total. The van der Waals surface area contributed by atoms with Gasteiger partial charge in [-0.15, -0.1) is 5.16 Å². The van der Waals surface area contributed by atoms with Crippen molar-refractivity contribution in [2.24, 2.45) is 5.16 Å². The largest absolute Gasteiger partial charge is 0.411 e. The van der Waals surface area contributed by atoms with E-state index in [1.807, 2.05) is 12.1 Å². The van der Waals surface area contributed by atoms with Crippen LogP contribution in [-0.2, 0) is 6.42 Å². The highest BCUT2D eigenvalue weighted by Crippen LogP contribution is 2.08. The monoisotopic (exact) mass is 163 g/mol. The Bertz CT molecular complexity index is 268. The molecule has 12 heavy (non-hydrogen) atoms. The summed E-state index contributed by atoms with van der Waals surface area (Å²) >= 11 is 0. The van der Waals surface area contributed by atoms with E-state index in [4.69, 9.17) is 5.21 Å². The van der Waals surface area contributed by atoms with Crippen molar-refractivity contribution < 1.29 is 5.21 Å². The van der Waals surface area contributed by atoms with Crippen LogP contribution < -0.4 is 0 Å². The van der Waals surface area contributed by atoms with Gasteiger partial charge in [0.25, 0.3) is 0 Å². The van der Waals surface area contributed by atoms with Crippen molar-refractivity contribution in [2.75, 3.05) is 0 Å². The molecule has 0 spiro atoms. The molecule has 0 amide bonds. The Balaban J connectivity index is 2.57. The van der Waals surface area contributed by atoms with Gasteiger partial charge in [-0.3, -0.25) is 0 Å². The number of benzene rings is 1. The van der Waals surface area contributed by atoms with E-state index in [-0.39, 0.29) is 0 Å². The second kappa shape index (κ2) is 4.54. The summed E-state index contributed by atoms with van der Waals surface area (Å²) in [5, 5.41) is 11.1. The summed E-state index contributed by atoms with van der Waals surface area (Å²) < 4.78 is 0. The third kappa shape index (κ3) is 2.38. The Labute approximate surface area is 72.5 Å². The van der Waals surface area contributed by atoms with E-state index in [9.17, 15) is 0 Å². The van der Waals surface area contributed by atoms with Crippen LogP contribution in [0, 0.1) is 6.92 Å². The van der Waals surface area contributed by atoms with Crippen molar-refractivity contribution in [3.8, 4) is 0 Å². The maximum atomic E-state index is 8.18. The average molecular weight is 163 g/mol. The molecule has 0 radical (unpaired) electrons. The molecule has 64 valence electrons. The molecule has 1 aromatic rings. The van der Waals surface area contributed by atoms with Gasteiger partial charge in [-0.05, 0) is 30.9 Å². The van der Waals surface area contributed by atoms with E-state index in [1.165, 1.54) is 17.3 Å². The molecule has 0 fully saturated rings. The zero-order valence-corrected chi connectivity index (χ0v) is 7.20. The Morgan fingerprint density at radius 1 is 1.42 bits per heavy atom. The van der Waals surface area contributed by atoms with E-state index < -0.39 is 0 Å². The van der Waals surface area contributed by atoms with Crippen molar-refractivity contribution in [1.82, 2.24) is 0 Å². The van der Waals surface area contributed by atoms with E-state index in [0.29, 0.717) is 0 Å². The van der Waals surface area contributed by atoms with Crippen LogP contribution in [0.5, 0.6) is 0 Å². The molecule has 0 saturated heterocycles. The average Bonchev–Trinajstić information content (AvgIpc) is 2.09. The molecule has 0 aliphatic rings. The summed E-state index contributed by atoms with van der Waals surface area (Å²) in [6, 6.07) is 8.24. The second-order valence-electron chi connectivity index (χ2n) is 2.76. The van der Waals surface area contributed by atoms with E-state index in [0.717, 1.165) is 12.8 Å². The fourth-order valence-corrected chi connectivity index (χ4v) is 1.17. The van der Waals surface area contributed by atoms with E-state index >= 15 is 0 Å². The van der Waals surface area contributed by atoms with E-state index in [2.05, 4.69) is 24.2 Å². The van der Waals surface area contributed by atoms with Crippen LogP contribution in [0.1, 0.15) is 17.5 Å². The van der Waals surface area contributed by atoms with Crippen molar-refractivity contribution >= 4 is 6.21 Å². The van der Waals surface area contributed by atoms with Crippen molar-refractivity contribution in [2.45, 2.75) is 19.8 Å². The molecule has 0 heterocycles. The quantitative estimate of drug-likeness (QED) is 0.414. The van der Waals surface area contributed by atoms with Crippen LogP contribution >= 0.6 is 0 Å². The Kier molecular flexibility index (Phi) is 3.33. The maximum absolute atomic E-state index is 8.18. The summed E-state index contributed by atoms with van der Waals surface area (Å²) in [5.41, 5.74) is 2.61. The number of aryl methyl sites for hydroxylation is 2. The minimum Gasteiger partial charge on any atom is -0.411 e. The van der Waals surface area contributed by atoms with Crippen LogP contribution in [0.15, 0.2) is 29.4 Å². The van der Waals surface area contributed by atoms with Crippen LogP contribution in [0.25, 0.3) is 0 Å². The molecular formula is C10H13NO. The molecule has 1 N–H and O–H groups in total.